The van der Waals surface area contributed by atoms with Crippen LogP contribution in [0.15, 0.2) is 11.6 Å². The molecule has 0 heterocycles. The molecular formula is C46H88N12O2. The van der Waals surface area contributed by atoms with Crippen molar-refractivity contribution in [3.63, 3.8) is 0 Å². The first-order chi connectivity index (χ1) is 28.6. The lowest BCUT2D eigenvalue weighted by atomic mass is 9.47. The van der Waals surface area contributed by atoms with Crippen LogP contribution in [0.5, 0.6) is 0 Å². The zero-order valence-corrected chi connectivity index (χ0v) is 38.4. The van der Waals surface area contributed by atoms with Crippen LogP contribution in [-0.2, 0) is 4.74 Å². The minimum absolute atomic E-state index is 0.0116. The van der Waals surface area contributed by atoms with Crippen molar-refractivity contribution >= 4 is 24.0 Å². The van der Waals surface area contributed by atoms with Gasteiger partial charge in [0, 0.05) is 32.6 Å². The first kappa shape index (κ1) is 49.4. The van der Waals surface area contributed by atoms with Crippen LogP contribution in [0.25, 0.3) is 0 Å². The van der Waals surface area contributed by atoms with Crippen molar-refractivity contribution in [3.8, 4) is 0 Å². The third-order valence-corrected chi connectivity index (χ3v) is 15.3. The molecule has 4 aliphatic rings. The highest BCUT2D eigenvalue weighted by Gasteiger charge is 2.59. The van der Waals surface area contributed by atoms with Crippen LogP contribution >= 0.6 is 0 Å². The number of nitrogens with zero attached hydrogens (tertiary/aromatic N) is 2. The number of nitrogens with two attached hydrogens (primary N) is 3. The van der Waals surface area contributed by atoms with Gasteiger partial charge in [0.1, 0.15) is 6.10 Å². The van der Waals surface area contributed by atoms with Gasteiger partial charge in [-0.15, -0.1) is 0 Å². The van der Waals surface area contributed by atoms with Gasteiger partial charge >= 0.3 is 6.09 Å². The zero-order valence-electron chi connectivity index (χ0n) is 38.4. The summed E-state index contributed by atoms with van der Waals surface area (Å²) < 4.78 is 6.10. The molecule has 0 aromatic carbocycles. The van der Waals surface area contributed by atoms with Crippen molar-refractivity contribution in [1.29, 1.82) is 16.2 Å². The first-order valence-corrected chi connectivity index (χ1v) is 23.9. The highest BCUT2D eigenvalue weighted by Crippen LogP contribution is 2.67. The van der Waals surface area contributed by atoms with Crippen LogP contribution < -0.4 is 38.5 Å². The van der Waals surface area contributed by atoms with Crippen LogP contribution in [0.4, 0.5) is 4.79 Å². The molecule has 4 rings (SSSR count). The number of ether oxygens (including phenoxy) is 1. The van der Waals surface area contributed by atoms with Gasteiger partial charge in [0.2, 0.25) is 0 Å². The Labute approximate surface area is 364 Å². The van der Waals surface area contributed by atoms with E-state index in [4.69, 9.17) is 38.2 Å². The second-order valence-corrected chi connectivity index (χ2v) is 20.0. The van der Waals surface area contributed by atoms with Gasteiger partial charge < -0.3 is 53.0 Å². The van der Waals surface area contributed by atoms with E-state index in [1.54, 1.807) is 5.57 Å². The van der Waals surface area contributed by atoms with E-state index in [2.05, 4.69) is 71.8 Å². The van der Waals surface area contributed by atoms with E-state index in [0.717, 1.165) is 126 Å². The molecule has 8 atom stereocenters. The maximum atomic E-state index is 13.1. The molecule has 14 heteroatoms. The van der Waals surface area contributed by atoms with Crippen LogP contribution in [0.1, 0.15) is 137 Å². The largest absolute Gasteiger partial charge is 0.446 e. The molecule has 0 radical (unpaired) electrons. The molecule has 0 spiro atoms. The Morgan fingerprint density at radius 1 is 0.717 bits per heavy atom. The average Bonchev–Trinajstić information content (AvgIpc) is 3.54. The Morgan fingerprint density at radius 2 is 1.25 bits per heavy atom. The highest BCUT2D eigenvalue weighted by molar-refractivity contribution is 5.74. The number of hydrogen-bond acceptors (Lipinski definition) is 7. The lowest BCUT2D eigenvalue weighted by molar-refractivity contribution is -0.0581. The number of carbonyl (C=O) groups excluding carboxylic acids is 1. The molecule has 344 valence electrons. The predicted molar refractivity (Wildman–Crippen MR) is 247 cm³/mol. The van der Waals surface area contributed by atoms with Gasteiger partial charge in [-0.05, 0) is 163 Å². The maximum Gasteiger partial charge on any atom is 0.407 e. The standard InChI is InChI=1S/C46H88N12O2/c1-33(2)12-6-13-34(3)38-16-17-39-37-15-14-35-32-36(18-20-45(35,4)40(37)19-21-46(38,39)5)60-44(59)56-25-10-29-58(28-9-24-55-43(51)52)31-11-30-57(26-7-22-53-41(47)48)27-8-23-54-42(49)50/h14,33-34,36-40H,6-13,15-32H2,1-5H3,(H,56,59)(H4,47,48,53)(H4,49,50,54)(H4,51,52,55). The summed E-state index contributed by atoms with van der Waals surface area (Å²) in [7, 11) is 0. The monoisotopic (exact) mass is 841 g/mol. The summed E-state index contributed by atoms with van der Waals surface area (Å²) in [6.07, 6.45) is 20.5. The molecule has 60 heavy (non-hydrogen) atoms. The van der Waals surface area contributed by atoms with E-state index in [9.17, 15) is 4.79 Å². The number of carbonyl (C=O) groups is 1. The van der Waals surface area contributed by atoms with Gasteiger partial charge in [0.25, 0.3) is 0 Å². The second kappa shape index (κ2) is 24.4. The van der Waals surface area contributed by atoms with Gasteiger partial charge in [0.15, 0.2) is 17.9 Å². The quantitative estimate of drug-likeness (QED) is 0.0207. The summed E-state index contributed by atoms with van der Waals surface area (Å²) in [4.78, 5) is 18.0. The van der Waals surface area contributed by atoms with Crippen molar-refractivity contribution in [1.82, 2.24) is 31.1 Å². The molecule has 1 amide bonds. The van der Waals surface area contributed by atoms with Gasteiger partial charge in [-0.3, -0.25) is 16.2 Å². The summed E-state index contributed by atoms with van der Waals surface area (Å²) in [6.45, 7) is 20.3. The minimum Gasteiger partial charge on any atom is -0.446 e. The third kappa shape index (κ3) is 15.0. The Balaban J connectivity index is 1.22. The smallest absolute Gasteiger partial charge is 0.407 e. The maximum absolute atomic E-state index is 13.1. The zero-order chi connectivity index (χ0) is 43.7. The predicted octanol–water partition coefficient (Wildman–Crippen LogP) is 6.13. The van der Waals surface area contributed by atoms with Crippen molar-refractivity contribution in [2.45, 2.75) is 143 Å². The Bertz CT molecular complexity index is 1370. The van der Waals surface area contributed by atoms with E-state index in [-0.39, 0.29) is 35.5 Å². The third-order valence-electron chi connectivity index (χ3n) is 15.3. The minimum atomic E-state index is -0.294. The van der Waals surface area contributed by atoms with E-state index in [1.165, 1.54) is 51.4 Å². The van der Waals surface area contributed by atoms with E-state index < -0.39 is 0 Å². The molecule has 8 unspecified atom stereocenters. The fraction of sp³-hybridized carbons (Fsp3) is 0.870. The average molecular weight is 841 g/mol. The van der Waals surface area contributed by atoms with Gasteiger partial charge in [-0.1, -0.05) is 65.5 Å². The molecule has 0 bridgehead atoms. The summed E-state index contributed by atoms with van der Waals surface area (Å²) in [5.41, 5.74) is 18.7. The van der Waals surface area contributed by atoms with Gasteiger partial charge in [-0.25, -0.2) is 4.79 Å². The summed E-state index contributed by atoms with van der Waals surface area (Å²) in [5, 5.41) is 34.1. The number of rotatable bonds is 26. The van der Waals surface area contributed by atoms with Crippen LogP contribution in [0.3, 0.4) is 0 Å². The molecule has 0 saturated heterocycles. The van der Waals surface area contributed by atoms with Crippen molar-refractivity contribution in [3.05, 3.63) is 11.6 Å². The molecule has 3 saturated carbocycles. The fourth-order valence-corrected chi connectivity index (χ4v) is 12.2. The Hall–Kier alpha value is -3.26. The van der Waals surface area contributed by atoms with Gasteiger partial charge in [-0.2, -0.15) is 0 Å². The Morgan fingerprint density at radius 3 is 1.78 bits per heavy atom. The van der Waals surface area contributed by atoms with Crippen molar-refractivity contribution < 1.29 is 9.53 Å². The number of amides is 1. The molecule has 14 nitrogen and oxygen atoms in total. The summed E-state index contributed by atoms with van der Waals surface area (Å²) in [5.74, 6) is 4.89. The number of fused-ring (bicyclic) bond motifs is 5. The van der Waals surface area contributed by atoms with E-state index in [1.807, 2.05) is 0 Å². The van der Waals surface area contributed by atoms with Crippen LogP contribution in [-0.4, -0.2) is 105 Å². The molecule has 3 fully saturated rings. The SMILES string of the molecule is CC(C)CCCC(C)C1CCC2C3CC=C4CC(OC(=O)NCCCN(CCCNC(=N)N)CCCN(CCCNC(=N)N)CCCNC(=N)N)CCC4(C)C3CCC12C. The number of guanidine groups is 3. The normalized spacial score (nSPS) is 27.7. The first-order valence-electron chi connectivity index (χ1n) is 23.9. The van der Waals surface area contributed by atoms with E-state index in [0.29, 0.717) is 31.6 Å². The fourth-order valence-electron chi connectivity index (χ4n) is 12.2. The molecule has 0 aromatic rings. The number of alkyl carbamates (subject to hydrolysis) is 1. The molecule has 13 N–H and O–H groups in total. The molecular weight excluding hydrogens is 753 g/mol. The lowest BCUT2D eigenvalue weighted by Crippen LogP contribution is -2.51. The van der Waals surface area contributed by atoms with Crippen LogP contribution in [0, 0.1) is 62.6 Å². The molecule has 0 aromatic heterocycles. The Kier molecular flexibility index (Phi) is 20.1. The van der Waals surface area contributed by atoms with Crippen LogP contribution in [0.2, 0.25) is 0 Å². The number of hydrogen-bond donors (Lipinski definition) is 10. The molecule has 0 aliphatic heterocycles. The number of allylic oxidation sites excluding steroid dienone is 1. The molecule has 4 aliphatic carbocycles. The summed E-state index contributed by atoms with van der Waals surface area (Å²) in [6, 6.07) is 0. The highest BCUT2D eigenvalue weighted by atomic mass is 16.6. The lowest BCUT2D eigenvalue weighted by Gasteiger charge is -2.58. The van der Waals surface area contributed by atoms with Crippen molar-refractivity contribution in [2.75, 3.05) is 65.4 Å². The van der Waals surface area contributed by atoms with Gasteiger partial charge in [0.05, 0.1) is 0 Å². The number of nitrogens with one attached hydrogen (secondary N) is 7. The second-order valence-electron chi connectivity index (χ2n) is 20.0. The topological polar surface area (TPSA) is 231 Å². The summed E-state index contributed by atoms with van der Waals surface area (Å²) >= 11 is 0. The van der Waals surface area contributed by atoms with Crippen molar-refractivity contribution in [2.24, 2.45) is 63.5 Å². The van der Waals surface area contributed by atoms with E-state index >= 15 is 0 Å².